The van der Waals surface area contributed by atoms with E-state index in [4.69, 9.17) is 10.2 Å². The summed E-state index contributed by atoms with van der Waals surface area (Å²) in [6.45, 7) is -0.121. The number of carboxylic acids is 2. The Balaban J connectivity index is 4.87. The van der Waals surface area contributed by atoms with Crippen LogP contribution in [0.1, 0.15) is 25.7 Å². The fourth-order valence-corrected chi connectivity index (χ4v) is 2.07. The van der Waals surface area contributed by atoms with E-state index in [9.17, 15) is 24.6 Å². The van der Waals surface area contributed by atoms with Gasteiger partial charge in [0.15, 0.2) is 11.4 Å². The number of carbonyl (C=O) groups is 3. The molecule has 0 amide bonds. The van der Waals surface area contributed by atoms with E-state index in [2.05, 4.69) is 0 Å². The molecule has 0 aliphatic carbocycles. The van der Waals surface area contributed by atoms with E-state index in [1.54, 1.807) is 21.1 Å². The number of likely N-dealkylation sites (N-methyl/N-ethyl adjacent to an activating group) is 1. The van der Waals surface area contributed by atoms with Gasteiger partial charge in [-0.05, 0) is 6.42 Å². The number of hydrogen-bond donors (Lipinski definition) is 4. The average Bonchev–Trinajstić information content (AvgIpc) is 2.22. The normalized spacial score (nSPS) is 16.0. The number of quaternary nitrogens is 1. The topological polar surface area (TPSA) is 132 Å². The minimum atomic E-state index is -2.09. The molecule has 21 heavy (non-hydrogen) atoms. The van der Waals surface area contributed by atoms with Crippen molar-refractivity contribution in [2.75, 3.05) is 27.7 Å². The number of carbonyl (C=O) groups excluding carboxylic acids is 1. The number of nitrogens with zero attached hydrogens (tertiary/aromatic N) is 1. The highest BCUT2D eigenvalue weighted by atomic mass is 16.4. The van der Waals surface area contributed by atoms with Gasteiger partial charge in [0.05, 0.1) is 33.7 Å². The van der Waals surface area contributed by atoms with E-state index in [1.165, 1.54) is 0 Å². The molecule has 0 heterocycles. The first-order valence-corrected chi connectivity index (χ1v) is 6.53. The lowest BCUT2D eigenvalue weighted by Crippen LogP contribution is -2.55. The smallest absolute Gasteiger partial charge is 0.306 e. The number of Topliss-reactive ketones (excluding diaryl/α,β-unsaturated/α-hetero) is 1. The van der Waals surface area contributed by atoms with Gasteiger partial charge in [-0.25, -0.2) is 0 Å². The number of aliphatic carboxylic acids is 2. The van der Waals surface area contributed by atoms with Crippen LogP contribution in [-0.2, 0) is 14.4 Å². The zero-order valence-corrected chi connectivity index (χ0v) is 12.6. The Kier molecular flexibility index (Phi) is 6.95. The molecular formula is C13H24NO7+. The Labute approximate surface area is 123 Å². The molecule has 0 aliphatic heterocycles. The second-order valence-corrected chi connectivity index (χ2v) is 6.26. The Morgan fingerprint density at radius 1 is 1.10 bits per heavy atom. The minimum Gasteiger partial charge on any atom is -0.481 e. The van der Waals surface area contributed by atoms with Crippen molar-refractivity contribution in [1.29, 1.82) is 0 Å². The summed E-state index contributed by atoms with van der Waals surface area (Å²) >= 11 is 0. The van der Waals surface area contributed by atoms with E-state index in [0.717, 1.165) is 0 Å². The van der Waals surface area contributed by atoms with E-state index in [0.29, 0.717) is 0 Å². The van der Waals surface area contributed by atoms with Gasteiger partial charge >= 0.3 is 11.9 Å². The fourth-order valence-electron chi connectivity index (χ4n) is 2.07. The van der Waals surface area contributed by atoms with Crippen LogP contribution in [-0.4, -0.2) is 82.0 Å². The molecule has 0 aromatic carbocycles. The standard InChI is InChI=1S/C13H23NO7/c1-14(2,3)8-13(21,7-12(19)20)10(16)6-9(15)4-5-11(17)18/h9,15,21H,4-8H2,1-3H3,(H-,17,18,19,20)/p+1. The van der Waals surface area contributed by atoms with Crippen molar-refractivity contribution in [2.45, 2.75) is 37.4 Å². The Hall–Kier alpha value is -1.51. The van der Waals surface area contributed by atoms with Crippen molar-refractivity contribution in [3.8, 4) is 0 Å². The third kappa shape index (κ3) is 8.38. The highest BCUT2D eigenvalue weighted by molar-refractivity contribution is 5.91. The average molecular weight is 306 g/mol. The second-order valence-electron chi connectivity index (χ2n) is 6.26. The first kappa shape index (κ1) is 19.5. The molecule has 8 nitrogen and oxygen atoms in total. The van der Waals surface area contributed by atoms with E-state index in [-0.39, 0.29) is 23.9 Å². The molecule has 122 valence electrons. The van der Waals surface area contributed by atoms with E-state index in [1.807, 2.05) is 0 Å². The molecule has 4 N–H and O–H groups in total. The van der Waals surface area contributed by atoms with Crippen LogP contribution in [0.3, 0.4) is 0 Å². The van der Waals surface area contributed by atoms with Gasteiger partial charge in [0.25, 0.3) is 0 Å². The predicted octanol–water partition coefficient (Wildman–Crippen LogP) is -0.917. The zero-order valence-electron chi connectivity index (χ0n) is 12.6. The highest BCUT2D eigenvalue weighted by Gasteiger charge is 2.43. The lowest BCUT2D eigenvalue weighted by Gasteiger charge is -2.34. The van der Waals surface area contributed by atoms with Crippen molar-refractivity contribution in [3.05, 3.63) is 0 Å². The van der Waals surface area contributed by atoms with Crippen molar-refractivity contribution < 1.29 is 39.3 Å². The number of carboxylic acid groups (broad SMARTS) is 2. The molecule has 0 rings (SSSR count). The van der Waals surface area contributed by atoms with Gasteiger partial charge in [0, 0.05) is 12.8 Å². The quantitative estimate of drug-likeness (QED) is 0.384. The third-order valence-electron chi connectivity index (χ3n) is 2.81. The Bertz CT molecular complexity index is 402. The van der Waals surface area contributed by atoms with Crippen LogP contribution in [0.15, 0.2) is 0 Å². The summed E-state index contributed by atoms with van der Waals surface area (Å²) in [5.41, 5.74) is -2.09. The maximum Gasteiger partial charge on any atom is 0.306 e. The molecule has 2 unspecified atom stereocenters. The summed E-state index contributed by atoms with van der Waals surface area (Å²) in [6.07, 6.45) is -2.89. The number of aliphatic hydroxyl groups is 2. The summed E-state index contributed by atoms with van der Waals surface area (Å²) in [7, 11) is 5.09. The molecule has 8 heteroatoms. The van der Waals surface area contributed by atoms with Gasteiger partial charge < -0.3 is 24.9 Å². The summed E-state index contributed by atoms with van der Waals surface area (Å²) in [5.74, 6) is -3.22. The van der Waals surface area contributed by atoms with Crippen LogP contribution in [0.25, 0.3) is 0 Å². The fraction of sp³-hybridized carbons (Fsp3) is 0.769. The molecule has 2 atom stereocenters. The van der Waals surface area contributed by atoms with Crippen molar-refractivity contribution in [2.24, 2.45) is 0 Å². The molecule has 0 aromatic rings. The maximum atomic E-state index is 12.1. The number of hydrogen-bond acceptors (Lipinski definition) is 5. The SMILES string of the molecule is C[N+](C)(C)CC(O)(CC(=O)O)C(=O)CC(O)CCC(=O)O. The lowest BCUT2D eigenvalue weighted by molar-refractivity contribution is -0.875. The van der Waals surface area contributed by atoms with Gasteiger partial charge in [0.1, 0.15) is 6.54 Å². The lowest BCUT2D eigenvalue weighted by atomic mass is 9.89. The zero-order chi connectivity index (χ0) is 16.8. The molecule has 0 radical (unpaired) electrons. The summed E-state index contributed by atoms with van der Waals surface area (Å²) < 4.78 is 0.167. The predicted molar refractivity (Wildman–Crippen MR) is 72.6 cm³/mol. The van der Waals surface area contributed by atoms with Gasteiger partial charge in [-0.3, -0.25) is 14.4 Å². The largest absolute Gasteiger partial charge is 0.481 e. The van der Waals surface area contributed by atoms with E-state index >= 15 is 0 Å². The summed E-state index contributed by atoms with van der Waals surface area (Å²) in [6, 6.07) is 0. The van der Waals surface area contributed by atoms with Crippen LogP contribution in [0.5, 0.6) is 0 Å². The maximum absolute atomic E-state index is 12.1. The Morgan fingerprint density at radius 3 is 2.00 bits per heavy atom. The first-order chi connectivity index (χ1) is 9.35. The van der Waals surface area contributed by atoms with Gasteiger partial charge in [-0.1, -0.05) is 0 Å². The molecule has 0 aromatic heterocycles. The number of aliphatic hydroxyl groups excluding tert-OH is 1. The monoisotopic (exact) mass is 306 g/mol. The van der Waals surface area contributed by atoms with Crippen LogP contribution in [0.2, 0.25) is 0 Å². The molecular weight excluding hydrogens is 282 g/mol. The first-order valence-electron chi connectivity index (χ1n) is 6.53. The van der Waals surface area contributed by atoms with Crippen LogP contribution in [0, 0.1) is 0 Å². The molecule has 0 saturated heterocycles. The van der Waals surface area contributed by atoms with E-state index < -0.39 is 42.3 Å². The van der Waals surface area contributed by atoms with Crippen LogP contribution < -0.4 is 0 Å². The minimum absolute atomic E-state index is 0.121. The third-order valence-corrected chi connectivity index (χ3v) is 2.81. The van der Waals surface area contributed by atoms with Crippen LogP contribution in [0.4, 0.5) is 0 Å². The second kappa shape index (κ2) is 7.48. The molecule has 0 fully saturated rings. The molecule has 0 aliphatic rings. The van der Waals surface area contributed by atoms with Gasteiger partial charge in [0.2, 0.25) is 0 Å². The molecule has 0 spiro atoms. The van der Waals surface area contributed by atoms with Crippen molar-refractivity contribution in [3.63, 3.8) is 0 Å². The highest BCUT2D eigenvalue weighted by Crippen LogP contribution is 2.19. The van der Waals surface area contributed by atoms with Crippen LogP contribution >= 0.6 is 0 Å². The summed E-state index contributed by atoms with van der Waals surface area (Å²) in [5, 5.41) is 37.3. The van der Waals surface area contributed by atoms with Crippen molar-refractivity contribution >= 4 is 17.7 Å². The molecule has 0 bridgehead atoms. The van der Waals surface area contributed by atoms with Crippen molar-refractivity contribution in [1.82, 2.24) is 0 Å². The number of rotatable bonds is 10. The van der Waals surface area contributed by atoms with Gasteiger partial charge in [-0.2, -0.15) is 0 Å². The van der Waals surface area contributed by atoms with Gasteiger partial charge in [-0.15, -0.1) is 0 Å². The number of ketones is 1. The summed E-state index contributed by atoms with van der Waals surface area (Å²) in [4.78, 5) is 33.3. The molecule has 0 saturated carbocycles. The Morgan fingerprint density at radius 2 is 1.62 bits per heavy atom.